The summed E-state index contributed by atoms with van der Waals surface area (Å²) in [6.45, 7) is -2.33. The van der Waals surface area contributed by atoms with Crippen LogP contribution in [0.4, 0.5) is 14.5 Å². The van der Waals surface area contributed by atoms with Gasteiger partial charge in [-0.05, 0) is 42.5 Å². The number of ether oxygens (including phenoxy) is 2. The monoisotopic (exact) mass is 338 g/mol. The molecule has 0 amide bonds. The maximum Gasteiger partial charge on any atom is 0.387 e. The Bertz CT molecular complexity index is 651. The molecule has 0 fully saturated rings. The van der Waals surface area contributed by atoms with Crippen LogP contribution in [0.25, 0.3) is 0 Å². The predicted molar refractivity (Wildman–Crippen MR) is 89.1 cm³/mol. The van der Waals surface area contributed by atoms with Gasteiger partial charge in [-0.15, -0.1) is 0 Å². The topological polar surface area (TPSA) is 42.5 Å². The van der Waals surface area contributed by atoms with E-state index in [1.165, 1.54) is 12.1 Å². The number of nitrogens with one attached hydrogen (secondary N) is 2. The van der Waals surface area contributed by atoms with Gasteiger partial charge in [0.15, 0.2) is 5.11 Å². The maximum atomic E-state index is 12.1. The molecule has 4 nitrogen and oxygen atoms in total. The van der Waals surface area contributed by atoms with Crippen molar-refractivity contribution >= 4 is 23.0 Å². The van der Waals surface area contributed by atoms with Crippen molar-refractivity contribution in [2.45, 2.75) is 13.2 Å². The first-order chi connectivity index (χ1) is 11.1. The Hall–Kier alpha value is -2.41. The number of hydrogen-bond donors (Lipinski definition) is 2. The summed E-state index contributed by atoms with van der Waals surface area (Å²) in [6, 6.07) is 13.7. The van der Waals surface area contributed by atoms with Gasteiger partial charge in [0.05, 0.1) is 7.11 Å². The van der Waals surface area contributed by atoms with Crippen LogP contribution < -0.4 is 20.1 Å². The molecular weight excluding hydrogens is 322 g/mol. The van der Waals surface area contributed by atoms with Gasteiger partial charge in [-0.3, -0.25) is 0 Å². The van der Waals surface area contributed by atoms with Crippen LogP contribution in [0.1, 0.15) is 5.56 Å². The molecule has 0 heterocycles. The van der Waals surface area contributed by atoms with Crippen molar-refractivity contribution in [1.29, 1.82) is 0 Å². The first-order valence-corrected chi connectivity index (χ1v) is 7.21. The van der Waals surface area contributed by atoms with Crippen LogP contribution in [-0.4, -0.2) is 18.8 Å². The van der Waals surface area contributed by atoms with Crippen LogP contribution >= 0.6 is 12.2 Å². The van der Waals surface area contributed by atoms with Crippen molar-refractivity contribution in [3.05, 3.63) is 54.1 Å². The number of anilines is 1. The third-order valence-corrected chi connectivity index (χ3v) is 3.22. The van der Waals surface area contributed by atoms with Crippen molar-refractivity contribution in [3.8, 4) is 11.5 Å². The second kappa shape index (κ2) is 8.28. The standard InChI is InChI=1S/C16H16F2N2O2S/c1-21-14-5-3-2-4-11(14)10-19-16(23)20-12-6-8-13(9-7-12)22-15(17)18/h2-9,15H,10H2,1H3,(H2,19,20,23). The summed E-state index contributed by atoms with van der Waals surface area (Å²) in [7, 11) is 1.61. The molecule has 23 heavy (non-hydrogen) atoms. The van der Waals surface area contributed by atoms with E-state index < -0.39 is 6.61 Å². The largest absolute Gasteiger partial charge is 0.496 e. The van der Waals surface area contributed by atoms with E-state index >= 15 is 0 Å². The van der Waals surface area contributed by atoms with Gasteiger partial charge in [0.25, 0.3) is 0 Å². The van der Waals surface area contributed by atoms with E-state index in [2.05, 4.69) is 15.4 Å². The molecule has 122 valence electrons. The molecular formula is C16H16F2N2O2S. The number of alkyl halides is 2. The molecule has 0 radical (unpaired) electrons. The minimum atomic E-state index is -2.84. The maximum absolute atomic E-state index is 12.1. The number of hydrogen-bond acceptors (Lipinski definition) is 3. The third kappa shape index (κ3) is 5.37. The number of rotatable bonds is 6. The fourth-order valence-corrected chi connectivity index (χ4v) is 2.11. The molecule has 0 unspecified atom stereocenters. The Morgan fingerprint density at radius 2 is 1.83 bits per heavy atom. The van der Waals surface area contributed by atoms with Gasteiger partial charge in [-0.25, -0.2) is 0 Å². The van der Waals surface area contributed by atoms with E-state index in [1.807, 2.05) is 24.3 Å². The second-order valence-electron chi connectivity index (χ2n) is 4.52. The third-order valence-electron chi connectivity index (χ3n) is 2.97. The van der Waals surface area contributed by atoms with Crippen molar-refractivity contribution in [2.75, 3.05) is 12.4 Å². The highest BCUT2D eigenvalue weighted by Gasteiger charge is 2.05. The highest BCUT2D eigenvalue weighted by Crippen LogP contribution is 2.18. The Balaban J connectivity index is 1.87. The van der Waals surface area contributed by atoms with Crippen LogP contribution in [0.3, 0.4) is 0 Å². The zero-order valence-electron chi connectivity index (χ0n) is 12.4. The molecule has 0 saturated heterocycles. The molecule has 0 atom stereocenters. The first kappa shape index (κ1) is 17.0. The molecule has 0 aromatic heterocycles. The first-order valence-electron chi connectivity index (χ1n) is 6.80. The number of thiocarbonyl (C=S) groups is 1. The van der Waals surface area contributed by atoms with Crippen molar-refractivity contribution in [1.82, 2.24) is 5.32 Å². The second-order valence-corrected chi connectivity index (χ2v) is 4.93. The molecule has 0 saturated carbocycles. The minimum Gasteiger partial charge on any atom is -0.496 e. The molecule has 2 aromatic carbocycles. The highest BCUT2D eigenvalue weighted by molar-refractivity contribution is 7.80. The summed E-state index contributed by atoms with van der Waals surface area (Å²) in [5, 5.41) is 6.44. The average molecular weight is 338 g/mol. The Morgan fingerprint density at radius 1 is 1.13 bits per heavy atom. The van der Waals surface area contributed by atoms with Crippen molar-refractivity contribution in [2.24, 2.45) is 0 Å². The Kier molecular flexibility index (Phi) is 6.10. The summed E-state index contributed by atoms with van der Waals surface area (Å²) in [6.07, 6.45) is 0. The number of benzene rings is 2. The summed E-state index contributed by atoms with van der Waals surface area (Å²) >= 11 is 5.20. The van der Waals surface area contributed by atoms with E-state index in [1.54, 1.807) is 19.2 Å². The van der Waals surface area contributed by atoms with Gasteiger partial charge in [-0.2, -0.15) is 8.78 Å². The number of para-hydroxylation sites is 1. The minimum absolute atomic E-state index is 0.0958. The molecule has 2 rings (SSSR count). The molecule has 0 spiro atoms. The van der Waals surface area contributed by atoms with Gasteiger partial charge in [0.1, 0.15) is 11.5 Å². The van der Waals surface area contributed by atoms with Gasteiger partial charge in [-0.1, -0.05) is 18.2 Å². The highest BCUT2D eigenvalue weighted by atomic mass is 32.1. The van der Waals surface area contributed by atoms with E-state index in [0.717, 1.165) is 11.3 Å². The lowest BCUT2D eigenvalue weighted by molar-refractivity contribution is -0.0498. The Morgan fingerprint density at radius 3 is 2.48 bits per heavy atom. The Labute approximate surface area is 138 Å². The quantitative estimate of drug-likeness (QED) is 0.785. The zero-order valence-corrected chi connectivity index (χ0v) is 13.2. The molecule has 0 aliphatic heterocycles. The normalized spacial score (nSPS) is 10.3. The van der Waals surface area contributed by atoms with E-state index in [0.29, 0.717) is 17.3 Å². The van der Waals surface area contributed by atoms with Crippen LogP contribution in [-0.2, 0) is 6.54 Å². The number of methoxy groups -OCH3 is 1. The predicted octanol–water partition coefficient (Wildman–Crippen LogP) is 3.78. The van der Waals surface area contributed by atoms with Crippen LogP contribution in [0.5, 0.6) is 11.5 Å². The SMILES string of the molecule is COc1ccccc1CNC(=S)Nc1ccc(OC(F)F)cc1. The molecule has 7 heteroatoms. The van der Waals surface area contributed by atoms with E-state index in [9.17, 15) is 8.78 Å². The summed E-state index contributed by atoms with van der Waals surface area (Å²) < 4.78 is 33.7. The van der Waals surface area contributed by atoms with Crippen LogP contribution in [0.2, 0.25) is 0 Å². The molecule has 0 bridgehead atoms. The lowest BCUT2D eigenvalue weighted by atomic mass is 10.2. The zero-order chi connectivity index (χ0) is 16.7. The summed E-state index contributed by atoms with van der Waals surface area (Å²) in [4.78, 5) is 0. The van der Waals surface area contributed by atoms with Crippen LogP contribution in [0, 0.1) is 0 Å². The summed E-state index contributed by atoms with van der Waals surface area (Å²) in [5.74, 6) is 0.870. The van der Waals surface area contributed by atoms with Crippen LogP contribution in [0.15, 0.2) is 48.5 Å². The van der Waals surface area contributed by atoms with Crippen molar-refractivity contribution in [3.63, 3.8) is 0 Å². The smallest absolute Gasteiger partial charge is 0.387 e. The molecule has 0 aliphatic rings. The number of halogens is 2. The lowest BCUT2D eigenvalue weighted by Gasteiger charge is -2.13. The molecule has 2 N–H and O–H groups in total. The van der Waals surface area contributed by atoms with Crippen molar-refractivity contribution < 1.29 is 18.3 Å². The summed E-state index contributed by atoms with van der Waals surface area (Å²) in [5.41, 5.74) is 1.64. The van der Waals surface area contributed by atoms with E-state index in [-0.39, 0.29) is 5.75 Å². The molecule has 2 aromatic rings. The van der Waals surface area contributed by atoms with Gasteiger partial charge in [0, 0.05) is 17.8 Å². The van der Waals surface area contributed by atoms with Gasteiger partial charge >= 0.3 is 6.61 Å². The van der Waals surface area contributed by atoms with E-state index in [4.69, 9.17) is 17.0 Å². The fourth-order valence-electron chi connectivity index (χ4n) is 1.92. The average Bonchev–Trinajstić information content (AvgIpc) is 2.54. The van der Waals surface area contributed by atoms with Gasteiger partial charge < -0.3 is 20.1 Å². The molecule has 0 aliphatic carbocycles. The van der Waals surface area contributed by atoms with Gasteiger partial charge in [0.2, 0.25) is 0 Å². The lowest BCUT2D eigenvalue weighted by Crippen LogP contribution is -2.28. The fraction of sp³-hybridized carbons (Fsp3) is 0.188.